The molecule has 0 N–H and O–H groups in total. The second kappa shape index (κ2) is 7.58. The summed E-state index contributed by atoms with van der Waals surface area (Å²) in [6, 6.07) is 15.4. The highest BCUT2D eigenvalue weighted by molar-refractivity contribution is 7.91. The Morgan fingerprint density at radius 3 is 2.48 bits per heavy atom. The van der Waals surface area contributed by atoms with Crippen LogP contribution < -0.4 is 0 Å². The standard InChI is InChI=1S/C19H20ClNO3S/c20-18-11-5-4-7-15(18)13-19(22)21-12-6-8-16(21)14-25(23,24)17-9-2-1-3-10-17/h1-5,7,9-11,16H,6,8,12-14H2/t16-/m0/s1. The molecule has 4 nitrogen and oxygen atoms in total. The third-order valence-corrected chi connectivity index (χ3v) is 6.69. The average molecular weight is 378 g/mol. The molecule has 2 aromatic rings. The van der Waals surface area contributed by atoms with Crippen molar-refractivity contribution in [1.82, 2.24) is 4.90 Å². The predicted octanol–water partition coefficient (Wildman–Crippen LogP) is 3.35. The van der Waals surface area contributed by atoms with Crippen molar-refractivity contribution in [2.75, 3.05) is 12.3 Å². The number of halogens is 1. The fourth-order valence-electron chi connectivity index (χ4n) is 3.22. The zero-order chi connectivity index (χ0) is 17.9. The second-order valence-corrected chi connectivity index (χ2v) is 8.69. The maximum Gasteiger partial charge on any atom is 0.227 e. The number of likely N-dealkylation sites (tertiary alicyclic amines) is 1. The van der Waals surface area contributed by atoms with E-state index in [4.69, 9.17) is 11.6 Å². The summed E-state index contributed by atoms with van der Waals surface area (Å²) < 4.78 is 25.2. The largest absolute Gasteiger partial charge is 0.338 e. The quantitative estimate of drug-likeness (QED) is 0.802. The van der Waals surface area contributed by atoms with Gasteiger partial charge in [-0.25, -0.2) is 8.42 Å². The Hall–Kier alpha value is -1.85. The summed E-state index contributed by atoms with van der Waals surface area (Å²) in [5.41, 5.74) is 0.769. The third-order valence-electron chi connectivity index (χ3n) is 4.51. The molecule has 6 heteroatoms. The molecule has 0 aromatic heterocycles. The van der Waals surface area contributed by atoms with E-state index in [9.17, 15) is 13.2 Å². The van der Waals surface area contributed by atoms with E-state index in [-0.39, 0.29) is 24.1 Å². The highest BCUT2D eigenvalue weighted by Gasteiger charge is 2.33. The van der Waals surface area contributed by atoms with Crippen LogP contribution in [0.5, 0.6) is 0 Å². The molecule has 0 unspecified atom stereocenters. The summed E-state index contributed by atoms with van der Waals surface area (Å²) in [4.78, 5) is 14.7. The molecular formula is C19H20ClNO3S. The Kier molecular flexibility index (Phi) is 5.45. The molecule has 1 saturated heterocycles. The van der Waals surface area contributed by atoms with Gasteiger partial charge in [-0.05, 0) is 36.6 Å². The lowest BCUT2D eigenvalue weighted by molar-refractivity contribution is -0.130. The van der Waals surface area contributed by atoms with Gasteiger partial charge >= 0.3 is 0 Å². The maximum atomic E-state index is 12.7. The summed E-state index contributed by atoms with van der Waals surface area (Å²) in [6.45, 7) is 0.595. The van der Waals surface area contributed by atoms with Crippen molar-refractivity contribution in [3.8, 4) is 0 Å². The minimum Gasteiger partial charge on any atom is -0.338 e. The number of carbonyl (C=O) groups is 1. The van der Waals surface area contributed by atoms with Crippen molar-refractivity contribution in [3.05, 3.63) is 65.2 Å². The summed E-state index contributed by atoms with van der Waals surface area (Å²) in [6.07, 6.45) is 1.73. The smallest absolute Gasteiger partial charge is 0.227 e. The van der Waals surface area contributed by atoms with Crippen LogP contribution in [0, 0.1) is 0 Å². The van der Waals surface area contributed by atoms with Crippen LogP contribution in [0.3, 0.4) is 0 Å². The van der Waals surface area contributed by atoms with Crippen LogP contribution in [-0.4, -0.2) is 37.6 Å². The van der Waals surface area contributed by atoms with E-state index in [1.54, 1.807) is 41.3 Å². The Balaban J connectivity index is 1.72. The van der Waals surface area contributed by atoms with E-state index in [0.29, 0.717) is 22.9 Å². The number of hydrogen-bond donors (Lipinski definition) is 0. The Morgan fingerprint density at radius 1 is 1.08 bits per heavy atom. The van der Waals surface area contributed by atoms with Crippen LogP contribution in [0.15, 0.2) is 59.5 Å². The number of amides is 1. The van der Waals surface area contributed by atoms with Crippen LogP contribution in [0.2, 0.25) is 5.02 Å². The van der Waals surface area contributed by atoms with Crippen molar-refractivity contribution in [1.29, 1.82) is 0 Å². The fourth-order valence-corrected chi connectivity index (χ4v) is 5.04. The van der Waals surface area contributed by atoms with Gasteiger partial charge < -0.3 is 4.90 Å². The first kappa shape index (κ1) is 18.0. The molecule has 0 aliphatic carbocycles. The maximum absolute atomic E-state index is 12.7. The number of nitrogens with zero attached hydrogens (tertiary/aromatic N) is 1. The molecule has 0 bridgehead atoms. The molecular weight excluding hydrogens is 358 g/mol. The number of hydrogen-bond acceptors (Lipinski definition) is 3. The molecule has 0 saturated carbocycles. The fraction of sp³-hybridized carbons (Fsp3) is 0.316. The lowest BCUT2D eigenvalue weighted by Gasteiger charge is -2.25. The van der Waals surface area contributed by atoms with Crippen LogP contribution in [-0.2, 0) is 21.1 Å². The van der Waals surface area contributed by atoms with E-state index in [1.807, 2.05) is 18.2 Å². The molecule has 3 rings (SSSR count). The third kappa shape index (κ3) is 4.22. The van der Waals surface area contributed by atoms with Crippen LogP contribution in [0.1, 0.15) is 18.4 Å². The summed E-state index contributed by atoms with van der Waals surface area (Å²) in [5.74, 6) is -0.107. The summed E-state index contributed by atoms with van der Waals surface area (Å²) in [7, 11) is -3.41. The number of sulfone groups is 1. The van der Waals surface area contributed by atoms with Gasteiger partial charge in [0.15, 0.2) is 9.84 Å². The normalized spacial score (nSPS) is 17.6. The molecule has 1 heterocycles. The number of carbonyl (C=O) groups excluding carboxylic acids is 1. The summed E-state index contributed by atoms with van der Waals surface area (Å²) in [5, 5.41) is 0.559. The minimum absolute atomic E-state index is 0.0364. The van der Waals surface area contributed by atoms with Gasteiger partial charge in [-0.15, -0.1) is 0 Å². The molecule has 132 valence electrons. The molecule has 1 aliphatic rings. The molecule has 25 heavy (non-hydrogen) atoms. The molecule has 1 fully saturated rings. The van der Waals surface area contributed by atoms with E-state index in [0.717, 1.165) is 12.0 Å². The minimum atomic E-state index is -3.41. The highest BCUT2D eigenvalue weighted by atomic mass is 35.5. The second-order valence-electron chi connectivity index (χ2n) is 6.25. The highest BCUT2D eigenvalue weighted by Crippen LogP contribution is 2.24. The first-order chi connectivity index (χ1) is 12.0. The van der Waals surface area contributed by atoms with Crippen molar-refractivity contribution >= 4 is 27.3 Å². The predicted molar refractivity (Wildman–Crippen MR) is 98.4 cm³/mol. The lowest BCUT2D eigenvalue weighted by atomic mass is 10.1. The monoisotopic (exact) mass is 377 g/mol. The van der Waals surface area contributed by atoms with Crippen LogP contribution >= 0.6 is 11.6 Å². The van der Waals surface area contributed by atoms with Crippen LogP contribution in [0.25, 0.3) is 0 Å². The van der Waals surface area contributed by atoms with E-state index >= 15 is 0 Å². The van der Waals surface area contributed by atoms with Gasteiger partial charge in [-0.2, -0.15) is 0 Å². The van der Waals surface area contributed by atoms with Gasteiger partial charge in [0.1, 0.15) is 0 Å². The zero-order valence-corrected chi connectivity index (χ0v) is 15.3. The molecule has 0 radical (unpaired) electrons. The lowest BCUT2D eigenvalue weighted by Crippen LogP contribution is -2.40. The molecule has 0 spiro atoms. The topological polar surface area (TPSA) is 54.5 Å². The Bertz CT molecular complexity index is 852. The SMILES string of the molecule is O=C(Cc1ccccc1Cl)N1CCC[C@H]1CS(=O)(=O)c1ccccc1. The van der Waals surface area contributed by atoms with Gasteiger partial charge in [-0.3, -0.25) is 4.79 Å². The van der Waals surface area contributed by atoms with Gasteiger partial charge in [0.25, 0.3) is 0 Å². The molecule has 1 atom stereocenters. The van der Waals surface area contributed by atoms with Crippen molar-refractivity contribution < 1.29 is 13.2 Å². The average Bonchev–Trinajstić information content (AvgIpc) is 3.05. The first-order valence-corrected chi connectivity index (χ1v) is 10.3. The van der Waals surface area contributed by atoms with E-state index in [1.165, 1.54) is 0 Å². The van der Waals surface area contributed by atoms with Gasteiger partial charge in [0, 0.05) is 17.6 Å². The van der Waals surface area contributed by atoms with Gasteiger partial charge in [-0.1, -0.05) is 48.0 Å². The van der Waals surface area contributed by atoms with Gasteiger partial charge in [0.05, 0.1) is 17.1 Å². The van der Waals surface area contributed by atoms with E-state index in [2.05, 4.69) is 0 Å². The van der Waals surface area contributed by atoms with Crippen molar-refractivity contribution in [3.63, 3.8) is 0 Å². The Labute approximate surface area is 153 Å². The number of benzene rings is 2. The summed E-state index contributed by atoms with van der Waals surface area (Å²) >= 11 is 6.13. The Morgan fingerprint density at radius 2 is 1.76 bits per heavy atom. The van der Waals surface area contributed by atoms with Crippen molar-refractivity contribution in [2.24, 2.45) is 0 Å². The zero-order valence-electron chi connectivity index (χ0n) is 13.8. The molecule has 1 amide bonds. The first-order valence-electron chi connectivity index (χ1n) is 8.28. The van der Waals surface area contributed by atoms with Crippen molar-refractivity contribution in [2.45, 2.75) is 30.2 Å². The molecule has 1 aliphatic heterocycles. The van der Waals surface area contributed by atoms with Gasteiger partial charge in [0.2, 0.25) is 5.91 Å². The van der Waals surface area contributed by atoms with E-state index < -0.39 is 9.84 Å². The number of rotatable bonds is 5. The molecule has 2 aromatic carbocycles. The van der Waals surface area contributed by atoms with Crippen LogP contribution in [0.4, 0.5) is 0 Å².